The SMILES string of the molecule is O=C(CCCCCCNC(=O)CCOCC(COCCC(=O)NCCCCCCCC(=O)ON1C(=O)CCC1=O)(COCCC(=O)NCCCCCCCC(=O)ON1C(=O)CCC1=O)NC(=O)CCCCCCCNC(=O)OCC(Cl)(Cl)Cl)CON1C(=O)CCC1=O. The zero-order valence-corrected chi connectivity index (χ0v) is 54.9. The van der Waals surface area contributed by atoms with Gasteiger partial charge in [0.15, 0.2) is 5.78 Å². The molecule has 11 amide bonds. The van der Waals surface area contributed by atoms with Gasteiger partial charge in [-0.2, -0.15) is 5.06 Å². The van der Waals surface area contributed by atoms with E-state index in [2.05, 4.69) is 26.6 Å². The topological polar surface area (TPSA) is 373 Å². The number of Topliss-reactive ketones (excluding diaryl/α,β-unsaturated/α-hetero) is 1. The van der Waals surface area contributed by atoms with Gasteiger partial charge in [-0.05, 0) is 51.4 Å². The monoisotopic (exact) mass is 1370 g/mol. The third kappa shape index (κ3) is 37.6. The fourth-order valence-corrected chi connectivity index (χ4v) is 9.50. The number of hydrogen-bond acceptors (Lipinski definition) is 21. The summed E-state index contributed by atoms with van der Waals surface area (Å²) in [4.78, 5) is 186. The van der Waals surface area contributed by atoms with Crippen molar-refractivity contribution in [2.24, 2.45) is 0 Å². The molecule has 3 aliphatic heterocycles. The van der Waals surface area contributed by atoms with Gasteiger partial charge in [-0.15, -0.1) is 10.1 Å². The van der Waals surface area contributed by atoms with Crippen LogP contribution in [0.5, 0.6) is 0 Å². The standard InChI is InChI=1S/C60H93Cl3N8O21/c61-60(62,63)44-89-58(85)67-36-19-10-1-4-13-21-49(76)68-59(41-86-37-30-46(73)64-33-16-8-2-5-14-22-56(83)91-70-52(79)26-27-53(70)80,42-87-38-31-47(74)65-34-17-9-3-6-15-23-57(84)92-71-54(81)28-29-55(71)82)43-88-39-32-48(75)66-35-18-11-7-12-20-45(72)40-90-69-50(77)24-25-51(69)78/h1-44H2,(H,64,73)(H,65,74)(H,66,75)(H,67,85)(H,68,76). The minimum atomic E-state index is -1.73. The maximum atomic E-state index is 13.8. The van der Waals surface area contributed by atoms with Crippen LogP contribution in [0.3, 0.4) is 0 Å². The number of ether oxygens (including phenoxy) is 4. The first-order valence-electron chi connectivity index (χ1n) is 32.0. The van der Waals surface area contributed by atoms with Crippen LogP contribution in [0, 0.1) is 0 Å². The van der Waals surface area contributed by atoms with E-state index in [9.17, 15) is 67.1 Å². The van der Waals surface area contributed by atoms with Gasteiger partial charge >= 0.3 is 18.0 Å². The molecule has 3 rings (SSSR count). The summed E-state index contributed by atoms with van der Waals surface area (Å²) in [5.41, 5.74) is -1.35. The van der Waals surface area contributed by atoms with Gasteiger partial charge in [-0.1, -0.05) is 105 Å². The number of hydroxylamine groups is 6. The molecule has 0 spiro atoms. The molecule has 92 heavy (non-hydrogen) atoms. The van der Waals surface area contributed by atoms with Crippen LogP contribution in [0.15, 0.2) is 0 Å². The predicted molar refractivity (Wildman–Crippen MR) is 328 cm³/mol. The van der Waals surface area contributed by atoms with Gasteiger partial charge in [0.1, 0.15) is 18.8 Å². The summed E-state index contributed by atoms with van der Waals surface area (Å²) in [5, 5.41) is 15.9. The van der Waals surface area contributed by atoms with Crippen molar-refractivity contribution in [2.45, 2.75) is 215 Å². The van der Waals surface area contributed by atoms with Gasteiger partial charge in [0, 0.05) is 110 Å². The van der Waals surface area contributed by atoms with Crippen molar-refractivity contribution in [1.82, 2.24) is 41.8 Å². The molecule has 520 valence electrons. The molecule has 3 aliphatic rings. The highest BCUT2D eigenvalue weighted by Crippen LogP contribution is 2.26. The Bertz CT molecular complexity index is 2280. The first-order chi connectivity index (χ1) is 44.1. The number of amides is 11. The summed E-state index contributed by atoms with van der Waals surface area (Å²) in [7, 11) is 0. The minimum Gasteiger partial charge on any atom is -0.445 e. The molecule has 3 saturated heterocycles. The number of hydrogen-bond donors (Lipinski definition) is 5. The fraction of sp³-hybridized carbons (Fsp3) is 0.767. The van der Waals surface area contributed by atoms with Crippen molar-refractivity contribution in [3.8, 4) is 0 Å². The van der Waals surface area contributed by atoms with Crippen molar-refractivity contribution >= 4 is 118 Å². The van der Waals surface area contributed by atoms with E-state index in [0.29, 0.717) is 118 Å². The number of ketones is 1. The van der Waals surface area contributed by atoms with E-state index in [-0.39, 0.29) is 159 Å². The van der Waals surface area contributed by atoms with Crippen LogP contribution >= 0.6 is 34.8 Å². The number of carbonyl (C=O) groups excluding carboxylic acids is 14. The Kier molecular flexibility index (Phi) is 40.8. The number of halogens is 3. The zero-order chi connectivity index (χ0) is 67.4. The van der Waals surface area contributed by atoms with Gasteiger partial charge in [0.05, 0.1) is 39.6 Å². The lowest BCUT2D eigenvalue weighted by molar-refractivity contribution is -0.197. The second-order valence-corrected chi connectivity index (χ2v) is 25.1. The molecule has 0 radical (unpaired) electrons. The van der Waals surface area contributed by atoms with Crippen molar-refractivity contribution in [3.63, 3.8) is 0 Å². The number of rotatable bonds is 53. The fourth-order valence-electron chi connectivity index (χ4n) is 9.34. The first-order valence-corrected chi connectivity index (χ1v) is 33.1. The summed E-state index contributed by atoms with van der Waals surface area (Å²) in [6, 6.07) is 0. The van der Waals surface area contributed by atoms with Crippen LogP contribution in [0.1, 0.15) is 205 Å². The van der Waals surface area contributed by atoms with E-state index in [1.807, 2.05) is 0 Å². The Morgan fingerprint density at radius 2 is 0.696 bits per heavy atom. The number of carbonyl (C=O) groups is 14. The van der Waals surface area contributed by atoms with Gasteiger partial charge in [-0.3, -0.25) is 57.6 Å². The molecule has 29 nitrogen and oxygen atoms in total. The molecule has 0 atom stereocenters. The van der Waals surface area contributed by atoms with Crippen LogP contribution in [0.25, 0.3) is 0 Å². The molecular weight excluding hydrogens is 1280 g/mol. The molecule has 0 unspecified atom stereocenters. The molecule has 3 fully saturated rings. The molecule has 5 N–H and O–H groups in total. The quantitative estimate of drug-likeness (QED) is 0.0291. The summed E-state index contributed by atoms with van der Waals surface area (Å²) < 4.78 is 21.3. The average Bonchev–Trinajstić information content (AvgIpc) is 1.97. The van der Waals surface area contributed by atoms with E-state index in [1.54, 1.807) is 0 Å². The highest BCUT2D eigenvalue weighted by Gasteiger charge is 2.36. The number of imide groups is 3. The van der Waals surface area contributed by atoms with Crippen LogP contribution < -0.4 is 26.6 Å². The van der Waals surface area contributed by atoms with E-state index in [0.717, 1.165) is 44.9 Å². The molecule has 0 aliphatic carbocycles. The molecule has 3 heterocycles. The molecule has 0 saturated carbocycles. The lowest BCUT2D eigenvalue weighted by Crippen LogP contribution is -2.58. The van der Waals surface area contributed by atoms with Gasteiger partial charge < -0.3 is 55.2 Å². The third-order valence-corrected chi connectivity index (χ3v) is 14.7. The molecule has 0 bridgehead atoms. The Morgan fingerprint density at radius 3 is 1.08 bits per heavy atom. The van der Waals surface area contributed by atoms with Crippen LogP contribution in [-0.2, 0) is 95.8 Å². The second kappa shape index (κ2) is 46.9. The molecule has 0 aromatic heterocycles. The van der Waals surface area contributed by atoms with Gasteiger partial charge in [0.2, 0.25) is 27.4 Å². The molecule has 32 heteroatoms. The molecule has 0 aromatic rings. The average molecular weight is 1370 g/mol. The van der Waals surface area contributed by atoms with Gasteiger partial charge in [0.25, 0.3) is 35.4 Å². The van der Waals surface area contributed by atoms with Crippen LogP contribution in [-0.4, -0.2) is 186 Å². The van der Waals surface area contributed by atoms with E-state index >= 15 is 0 Å². The van der Waals surface area contributed by atoms with Crippen LogP contribution in [0.2, 0.25) is 0 Å². The largest absolute Gasteiger partial charge is 0.445 e. The summed E-state index contributed by atoms with van der Waals surface area (Å²) >= 11 is 16.9. The van der Waals surface area contributed by atoms with Crippen molar-refractivity contribution in [3.05, 3.63) is 0 Å². The highest BCUT2D eigenvalue weighted by molar-refractivity contribution is 6.67. The first kappa shape index (κ1) is 80.1. The van der Waals surface area contributed by atoms with E-state index in [4.69, 9.17) is 68.3 Å². The Labute approximate surface area is 551 Å². The molecule has 0 aromatic carbocycles. The number of unbranched alkanes of at least 4 members (excludes halogenated alkanes) is 15. The van der Waals surface area contributed by atoms with E-state index in [1.165, 1.54) is 0 Å². The normalized spacial score (nSPS) is 14.3. The number of nitrogens with one attached hydrogen (secondary N) is 5. The van der Waals surface area contributed by atoms with Crippen LogP contribution in [0.4, 0.5) is 4.79 Å². The highest BCUT2D eigenvalue weighted by atomic mass is 35.6. The lowest BCUT2D eigenvalue weighted by Gasteiger charge is -2.34. The van der Waals surface area contributed by atoms with Crippen molar-refractivity contribution in [2.75, 3.05) is 79.0 Å². The Morgan fingerprint density at radius 1 is 0.370 bits per heavy atom. The predicted octanol–water partition coefficient (Wildman–Crippen LogP) is 5.34. The molecular formula is C60H93Cl3N8O21. The lowest BCUT2D eigenvalue weighted by atomic mass is 10.0. The van der Waals surface area contributed by atoms with Crippen molar-refractivity contribution < 1.29 is 101 Å². The number of nitrogens with zero attached hydrogens (tertiary/aromatic N) is 3. The third-order valence-electron chi connectivity index (χ3n) is 14.4. The zero-order valence-electron chi connectivity index (χ0n) is 52.7. The summed E-state index contributed by atoms with van der Waals surface area (Å²) in [5.74, 6) is -5.84. The van der Waals surface area contributed by atoms with Crippen molar-refractivity contribution in [1.29, 1.82) is 0 Å². The van der Waals surface area contributed by atoms with E-state index < -0.39 is 69.4 Å². The summed E-state index contributed by atoms with van der Waals surface area (Å²) in [6.45, 7) is -0.0253. The number of alkyl halides is 3. The smallest absolute Gasteiger partial charge is 0.407 e. The summed E-state index contributed by atoms with van der Waals surface area (Å²) in [6.07, 6.45) is 12.5. The Balaban J connectivity index is 1.51. The van der Waals surface area contributed by atoms with Gasteiger partial charge in [-0.25, -0.2) is 14.4 Å². The Hall–Kier alpha value is -6.11. The minimum absolute atomic E-state index is 0.0161. The second-order valence-electron chi connectivity index (χ2n) is 22.6. The maximum absolute atomic E-state index is 13.8. The maximum Gasteiger partial charge on any atom is 0.407 e. The number of alkyl carbamates (subject to hydrolysis) is 1.